The Kier molecular flexibility index (Phi) is 1.30. The number of phenols is 1. The first-order chi connectivity index (χ1) is 5.66. The standard InChI is InChI=1S/C8H5F2NO/c9-5-3-6-4(1-7(5)12)2-8(10)11-6/h1-3,11-12H. The fourth-order valence-corrected chi connectivity index (χ4v) is 1.11. The topological polar surface area (TPSA) is 36.0 Å². The molecule has 0 atom stereocenters. The first-order valence-corrected chi connectivity index (χ1v) is 3.33. The Morgan fingerprint density at radius 2 is 1.92 bits per heavy atom. The molecule has 0 amide bonds. The summed E-state index contributed by atoms with van der Waals surface area (Å²) in [5.74, 6) is -1.78. The summed E-state index contributed by atoms with van der Waals surface area (Å²) >= 11 is 0. The van der Waals surface area contributed by atoms with Crippen LogP contribution in [0.15, 0.2) is 18.2 Å². The molecule has 0 aliphatic carbocycles. The van der Waals surface area contributed by atoms with Gasteiger partial charge in [0, 0.05) is 17.5 Å². The molecule has 4 heteroatoms. The second kappa shape index (κ2) is 2.20. The van der Waals surface area contributed by atoms with Gasteiger partial charge < -0.3 is 10.1 Å². The second-order valence-corrected chi connectivity index (χ2v) is 2.51. The average Bonchev–Trinajstić information content (AvgIpc) is 2.30. The lowest BCUT2D eigenvalue weighted by atomic mass is 10.2. The minimum Gasteiger partial charge on any atom is -0.505 e. The molecule has 0 aliphatic rings. The number of phenolic OH excluding ortho intramolecular Hbond substituents is 1. The van der Waals surface area contributed by atoms with Crippen LogP contribution in [0.1, 0.15) is 0 Å². The summed E-state index contributed by atoms with van der Waals surface area (Å²) in [6, 6.07) is 3.41. The number of hydrogen-bond acceptors (Lipinski definition) is 1. The molecule has 0 unspecified atom stereocenters. The number of benzene rings is 1. The Balaban J connectivity index is 2.83. The third-order valence-electron chi connectivity index (χ3n) is 1.66. The van der Waals surface area contributed by atoms with Crippen LogP contribution in [0.25, 0.3) is 10.9 Å². The Morgan fingerprint density at radius 3 is 2.67 bits per heavy atom. The van der Waals surface area contributed by atoms with Crippen LogP contribution >= 0.6 is 0 Å². The molecule has 0 saturated carbocycles. The first kappa shape index (κ1) is 7.09. The van der Waals surface area contributed by atoms with Gasteiger partial charge in [-0.3, -0.25) is 0 Å². The molecular weight excluding hydrogens is 164 g/mol. The van der Waals surface area contributed by atoms with Gasteiger partial charge in [0.05, 0.1) is 5.52 Å². The van der Waals surface area contributed by atoms with Crippen LogP contribution in [0.3, 0.4) is 0 Å². The van der Waals surface area contributed by atoms with Crippen molar-refractivity contribution in [2.75, 3.05) is 0 Å². The van der Waals surface area contributed by atoms with Gasteiger partial charge in [-0.15, -0.1) is 0 Å². The highest BCUT2D eigenvalue weighted by atomic mass is 19.1. The van der Waals surface area contributed by atoms with Crippen molar-refractivity contribution in [1.29, 1.82) is 0 Å². The smallest absolute Gasteiger partial charge is 0.192 e. The molecule has 2 aromatic rings. The van der Waals surface area contributed by atoms with E-state index in [1.807, 2.05) is 0 Å². The quantitative estimate of drug-likeness (QED) is 0.622. The third kappa shape index (κ3) is 0.922. The zero-order valence-electron chi connectivity index (χ0n) is 5.94. The van der Waals surface area contributed by atoms with Crippen molar-refractivity contribution in [1.82, 2.24) is 4.98 Å². The fraction of sp³-hybridized carbons (Fsp3) is 0. The predicted octanol–water partition coefficient (Wildman–Crippen LogP) is 2.15. The molecule has 2 rings (SSSR count). The van der Waals surface area contributed by atoms with E-state index >= 15 is 0 Å². The minimum atomic E-state index is -0.760. The Bertz CT molecular complexity index is 397. The molecule has 62 valence electrons. The largest absolute Gasteiger partial charge is 0.505 e. The van der Waals surface area contributed by atoms with Crippen LogP contribution in [0.2, 0.25) is 0 Å². The highest BCUT2D eigenvalue weighted by Crippen LogP contribution is 2.23. The normalized spacial score (nSPS) is 10.8. The lowest BCUT2D eigenvalue weighted by Crippen LogP contribution is -1.75. The molecular formula is C8H5F2NO. The second-order valence-electron chi connectivity index (χ2n) is 2.51. The lowest BCUT2D eigenvalue weighted by Gasteiger charge is -1.93. The van der Waals surface area contributed by atoms with E-state index in [2.05, 4.69) is 4.98 Å². The van der Waals surface area contributed by atoms with Gasteiger partial charge in [-0.05, 0) is 6.07 Å². The summed E-state index contributed by atoms with van der Waals surface area (Å²) < 4.78 is 25.2. The van der Waals surface area contributed by atoms with E-state index in [4.69, 9.17) is 5.11 Å². The molecule has 0 radical (unpaired) electrons. The number of halogens is 2. The maximum absolute atomic E-state index is 12.7. The van der Waals surface area contributed by atoms with Crippen LogP contribution < -0.4 is 0 Å². The number of aromatic nitrogens is 1. The number of rotatable bonds is 0. The summed E-state index contributed by atoms with van der Waals surface area (Å²) in [4.78, 5) is 2.31. The monoisotopic (exact) mass is 169 g/mol. The van der Waals surface area contributed by atoms with E-state index in [9.17, 15) is 8.78 Å². The summed E-state index contributed by atoms with van der Waals surface area (Å²) in [7, 11) is 0. The van der Waals surface area contributed by atoms with Crippen LogP contribution in [0.5, 0.6) is 5.75 Å². The zero-order valence-corrected chi connectivity index (χ0v) is 5.94. The molecule has 1 aromatic carbocycles. The van der Waals surface area contributed by atoms with Crippen molar-refractivity contribution >= 4 is 10.9 Å². The van der Waals surface area contributed by atoms with Crippen LogP contribution in [-0.4, -0.2) is 10.1 Å². The van der Waals surface area contributed by atoms with Gasteiger partial charge in [0.25, 0.3) is 0 Å². The van der Waals surface area contributed by atoms with E-state index in [1.54, 1.807) is 0 Å². The van der Waals surface area contributed by atoms with Crippen molar-refractivity contribution in [2.24, 2.45) is 0 Å². The predicted molar refractivity (Wildman–Crippen MR) is 39.9 cm³/mol. The maximum atomic E-state index is 12.7. The van der Waals surface area contributed by atoms with Crippen LogP contribution in [0.4, 0.5) is 8.78 Å². The molecule has 2 nitrogen and oxygen atoms in total. The van der Waals surface area contributed by atoms with Gasteiger partial charge in [0.1, 0.15) is 0 Å². The third-order valence-corrected chi connectivity index (χ3v) is 1.66. The van der Waals surface area contributed by atoms with E-state index in [-0.39, 0.29) is 0 Å². The van der Waals surface area contributed by atoms with Crippen LogP contribution in [0, 0.1) is 11.8 Å². The Labute approximate surface area is 66.4 Å². The van der Waals surface area contributed by atoms with Gasteiger partial charge in [0.2, 0.25) is 0 Å². The van der Waals surface area contributed by atoms with E-state index < -0.39 is 17.5 Å². The Morgan fingerprint density at radius 1 is 1.17 bits per heavy atom. The number of aromatic hydroxyl groups is 1. The summed E-state index contributed by atoms with van der Waals surface area (Å²) in [6.45, 7) is 0. The Hall–Kier alpha value is -1.58. The SMILES string of the molecule is Oc1cc2cc(F)[nH]c2cc1F. The van der Waals surface area contributed by atoms with Crippen molar-refractivity contribution in [3.05, 3.63) is 30.0 Å². The molecule has 1 heterocycles. The van der Waals surface area contributed by atoms with Gasteiger partial charge in [-0.1, -0.05) is 0 Å². The van der Waals surface area contributed by atoms with E-state index in [1.165, 1.54) is 12.1 Å². The fourth-order valence-electron chi connectivity index (χ4n) is 1.11. The molecule has 0 aliphatic heterocycles. The number of nitrogens with one attached hydrogen (secondary N) is 1. The molecule has 1 aromatic heterocycles. The van der Waals surface area contributed by atoms with Crippen molar-refractivity contribution in [3.63, 3.8) is 0 Å². The molecule has 0 bridgehead atoms. The molecule has 0 spiro atoms. The van der Waals surface area contributed by atoms with Gasteiger partial charge in [0.15, 0.2) is 17.5 Å². The molecule has 2 N–H and O–H groups in total. The number of aromatic amines is 1. The molecule has 0 fully saturated rings. The average molecular weight is 169 g/mol. The number of hydrogen-bond donors (Lipinski definition) is 2. The minimum absolute atomic E-state index is 0.336. The lowest BCUT2D eigenvalue weighted by molar-refractivity contribution is 0.433. The van der Waals surface area contributed by atoms with Gasteiger partial charge >= 0.3 is 0 Å². The highest BCUT2D eigenvalue weighted by Gasteiger charge is 2.05. The van der Waals surface area contributed by atoms with Crippen molar-refractivity contribution in [2.45, 2.75) is 0 Å². The van der Waals surface area contributed by atoms with Gasteiger partial charge in [-0.2, -0.15) is 4.39 Å². The summed E-state index contributed by atoms with van der Waals surface area (Å²) in [6.07, 6.45) is 0. The number of fused-ring (bicyclic) bond motifs is 1. The highest BCUT2D eigenvalue weighted by molar-refractivity contribution is 5.81. The molecule has 0 saturated heterocycles. The number of H-pyrrole nitrogens is 1. The van der Waals surface area contributed by atoms with Crippen LogP contribution in [-0.2, 0) is 0 Å². The van der Waals surface area contributed by atoms with E-state index in [0.717, 1.165) is 6.07 Å². The van der Waals surface area contributed by atoms with Crippen molar-refractivity contribution in [3.8, 4) is 5.75 Å². The maximum Gasteiger partial charge on any atom is 0.192 e. The first-order valence-electron chi connectivity index (χ1n) is 3.33. The van der Waals surface area contributed by atoms with Crippen molar-refractivity contribution < 1.29 is 13.9 Å². The zero-order chi connectivity index (χ0) is 8.72. The van der Waals surface area contributed by atoms with E-state index in [0.29, 0.717) is 10.9 Å². The molecule has 12 heavy (non-hydrogen) atoms. The summed E-state index contributed by atoms with van der Waals surface area (Å²) in [5.41, 5.74) is 0.336. The van der Waals surface area contributed by atoms with Gasteiger partial charge in [-0.25, -0.2) is 4.39 Å². The summed E-state index contributed by atoms with van der Waals surface area (Å²) in [5, 5.41) is 9.37.